The van der Waals surface area contributed by atoms with Crippen molar-refractivity contribution in [3.63, 3.8) is 0 Å². The molecule has 0 aliphatic rings. The van der Waals surface area contributed by atoms with Crippen LogP contribution in [0.15, 0.2) is 54.7 Å². The number of ether oxygens (including phenoxy) is 1. The Morgan fingerprint density at radius 1 is 0.927 bits per heavy atom. The van der Waals surface area contributed by atoms with E-state index in [0.717, 1.165) is 30.8 Å². The van der Waals surface area contributed by atoms with E-state index in [2.05, 4.69) is 31.0 Å². The summed E-state index contributed by atoms with van der Waals surface area (Å²) in [5.41, 5.74) is -0.232. The van der Waals surface area contributed by atoms with E-state index in [-0.39, 0.29) is 30.4 Å². The van der Waals surface area contributed by atoms with Crippen LogP contribution in [0.2, 0.25) is 0 Å². The number of amides is 3. The maximum atomic E-state index is 12.9. The van der Waals surface area contributed by atoms with Crippen LogP contribution >= 0.6 is 0 Å². The van der Waals surface area contributed by atoms with Crippen molar-refractivity contribution < 1.29 is 40.7 Å². The van der Waals surface area contributed by atoms with E-state index < -0.39 is 35.8 Å². The van der Waals surface area contributed by atoms with E-state index in [4.69, 9.17) is 0 Å². The molecule has 15 heteroatoms. The molecule has 4 N–H and O–H groups in total. The fourth-order valence-corrected chi connectivity index (χ4v) is 3.53. The van der Waals surface area contributed by atoms with E-state index in [1.807, 2.05) is 13.8 Å². The van der Waals surface area contributed by atoms with Gasteiger partial charge in [0, 0.05) is 31.5 Å². The highest BCUT2D eigenvalue weighted by molar-refractivity contribution is 5.99. The third-order valence-corrected chi connectivity index (χ3v) is 5.34. The van der Waals surface area contributed by atoms with Crippen molar-refractivity contribution in [2.24, 2.45) is 5.92 Å². The Balaban J connectivity index is 1.72. The number of hydrogen-bond donors (Lipinski definition) is 4. The van der Waals surface area contributed by atoms with E-state index >= 15 is 0 Å². The molecule has 3 rings (SSSR count). The molecule has 3 amide bonds. The van der Waals surface area contributed by atoms with E-state index in [1.54, 1.807) is 0 Å². The number of urea groups is 1. The lowest BCUT2D eigenvalue weighted by Gasteiger charge is -2.11. The maximum Gasteiger partial charge on any atom is 0.573 e. The highest BCUT2D eigenvalue weighted by Gasteiger charge is 2.31. The Kier molecular flexibility index (Phi) is 10.2. The molecule has 1 aromatic heterocycles. The molecule has 0 aliphatic heterocycles. The van der Waals surface area contributed by atoms with E-state index in [1.165, 1.54) is 35.0 Å². The van der Waals surface area contributed by atoms with Crippen LogP contribution < -0.4 is 26.0 Å². The first-order valence-electron chi connectivity index (χ1n) is 12.4. The van der Waals surface area contributed by atoms with Gasteiger partial charge in [-0.3, -0.25) is 10.1 Å². The number of carbonyl (C=O) groups is 2. The lowest BCUT2D eigenvalue weighted by Crippen LogP contribution is -2.34. The van der Waals surface area contributed by atoms with Crippen LogP contribution in [-0.2, 0) is 12.7 Å². The predicted molar refractivity (Wildman–Crippen MR) is 139 cm³/mol. The van der Waals surface area contributed by atoms with E-state index in [9.17, 15) is 35.9 Å². The van der Waals surface area contributed by atoms with Crippen molar-refractivity contribution in [1.82, 2.24) is 20.2 Å². The second-order valence-corrected chi connectivity index (χ2v) is 9.28. The standard InChI is InChI=1S/C26H28F6N6O3/c1-16(2)13-33-11-12-34-23(39)22-36-21(15-38(22)14-17-3-5-18(6-4-17)25(27,28)29)37-24(40)35-19-7-9-20(10-8-19)41-26(30,31)32/h3-10,15-16,33H,11-14H2,1-2H3,(H,34,39)(H2,35,37,40). The Morgan fingerprint density at radius 3 is 2.17 bits per heavy atom. The molecule has 9 nitrogen and oxygen atoms in total. The van der Waals surface area contributed by atoms with Crippen molar-refractivity contribution in [1.29, 1.82) is 0 Å². The van der Waals surface area contributed by atoms with E-state index in [0.29, 0.717) is 18.0 Å². The summed E-state index contributed by atoms with van der Waals surface area (Å²) in [6.07, 6.45) is -8.03. The van der Waals surface area contributed by atoms with Gasteiger partial charge in [-0.05, 0) is 54.4 Å². The molecule has 0 unspecified atom stereocenters. The molecule has 0 bridgehead atoms. The van der Waals surface area contributed by atoms with Gasteiger partial charge in [0.2, 0.25) is 5.82 Å². The summed E-state index contributed by atoms with van der Waals surface area (Å²) in [5, 5.41) is 10.7. The van der Waals surface area contributed by atoms with Crippen molar-refractivity contribution >= 4 is 23.4 Å². The molecule has 0 saturated carbocycles. The number of halogens is 6. The SMILES string of the molecule is CC(C)CNCCNC(=O)c1nc(NC(=O)Nc2ccc(OC(F)(F)F)cc2)cn1Cc1ccc(C(F)(F)F)cc1. The number of aromatic nitrogens is 2. The minimum absolute atomic E-state index is 0.0243. The van der Waals surface area contributed by atoms with Gasteiger partial charge in [0.15, 0.2) is 5.82 Å². The number of nitrogens with one attached hydrogen (secondary N) is 4. The number of imidazole rings is 1. The van der Waals surface area contributed by atoms with Crippen molar-refractivity contribution in [2.75, 3.05) is 30.3 Å². The Hall–Kier alpha value is -4.27. The third kappa shape index (κ3) is 10.3. The minimum Gasteiger partial charge on any atom is -0.406 e. The average molecular weight is 587 g/mol. The number of hydrogen-bond acceptors (Lipinski definition) is 5. The smallest absolute Gasteiger partial charge is 0.406 e. The lowest BCUT2D eigenvalue weighted by molar-refractivity contribution is -0.274. The summed E-state index contributed by atoms with van der Waals surface area (Å²) in [5.74, 6) is -0.774. The summed E-state index contributed by atoms with van der Waals surface area (Å²) in [6.45, 7) is 5.56. The van der Waals surface area contributed by atoms with Crippen LogP contribution in [-0.4, -0.2) is 47.5 Å². The Morgan fingerprint density at radius 2 is 1.59 bits per heavy atom. The van der Waals surface area contributed by atoms with Gasteiger partial charge in [-0.2, -0.15) is 13.2 Å². The fourth-order valence-electron chi connectivity index (χ4n) is 3.53. The molecule has 41 heavy (non-hydrogen) atoms. The fraction of sp³-hybridized carbons (Fsp3) is 0.346. The highest BCUT2D eigenvalue weighted by atomic mass is 19.4. The molecule has 2 aromatic carbocycles. The predicted octanol–water partition coefficient (Wildman–Crippen LogP) is 5.47. The van der Waals surface area contributed by atoms with Gasteiger partial charge in [0.1, 0.15) is 5.75 Å². The second-order valence-electron chi connectivity index (χ2n) is 9.28. The summed E-state index contributed by atoms with van der Waals surface area (Å²) >= 11 is 0. The molecular weight excluding hydrogens is 558 g/mol. The van der Waals surface area contributed by atoms with Crippen LogP contribution in [0.25, 0.3) is 0 Å². The number of carbonyl (C=O) groups excluding carboxylic acids is 2. The zero-order chi connectivity index (χ0) is 30.2. The van der Waals surface area contributed by atoms with Crippen molar-refractivity contribution in [2.45, 2.75) is 32.9 Å². The number of alkyl halides is 6. The maximum absolute atomic E-state index is 12.9. The van der Waals surface area contributed by atoms with Gasteiger partial charge in [-0.1, -0.05) is 26.0 Å². The lowest BCUT2D eigenvalue weighted by atomic mass is 10.1. The van der Waals surface area contributed by atoms with Crippen LogP contribution in [0.5, 0.6) is 5.75 Å². The first kappa shape index (κ1) is 31.3. The molecule has 0 atom stereocenters. The molecule has 0 saturated heterocycles. The molecule has 0 radical (unpaired) electrons. The first-order chi connectivity index (χ1) is 19.2. The van der Waals surface area contributed by atoms with Gasteiger partial charge in [-0.25, -0.2) is 9.78 Å². The Bertz CT molecular complexity index is 1310. The average Bonchev–Trinajstić information content (AvgIpc) is 3.25. The monoisotopic (exact) mass is 586 g/mol. The van der Waals surface area contributed by atoms with Crippen LogP contribution in [0.4, 0.5) is 42.6 Å². The summed E-state index contributed by atoms with van der Waals surface area (Å²) < 4.78 is 80.9. The van der Waals surface area contributed by atoms with Gasteiger partial charge in [-0.15, -0.1) is 13.2 Å². The van der Waals surface area contributed by atoms with Crippen LogP contribution in [0.3, 0.4) is 0 Å². The molecule has 0 fully saturated rings. The third-order valence-electron chi connectivity index (χ3n) is 5.34. The van der Waals surface area contributed by atoms with Gasteiger partial charge in [0.05, 0.1) is 5.56 Å². The topological polar surface area (TPSA) is 109 Å². The molecule has 222 valence electrons. The minimum atomic E-state index is -4.86. The number of nitrogens with zero attached hydrogens (tertiary/aromatic N) is 2. The zero-order valence-corrected chi connectivity index (χ0v) is 22.0. The Labute approximate surface area is 231 Å². The summed E-state index contributed by atoms with van der Waals surface area (Å²) in [4.78, 5) is 29.5. The number of benzene rings is 2. The van der Waals surface area contributed by atoms with Gasteiger partial charge in [0.25, 0.3) is 5.91 Å². The first-order valence-corrected chi connectivity index (χ1v) is 12.4. The molecule has 0 aliphatic carbocycles. The van der Waals surface area contributed by atoms with Gasteiger partial charge >= 0.3 is 18.6 Å². The molecular formula is C26H28F6N6O3. The largest absolute Gasteiger partial charge is 0.573 e. The zero-order valence-electron chi connectivity index (χ0n) is 22.0. The summed E-state index contributed by atoms with van der Waals surface area (Å²) in [7, 11) is 0. The van der Waals surface area contributed by atoms with Crippen molar-refractivity contribution in [3.8, 4) is 5.75 Å². The van der Waals surface area contributed by atoms with Crippen LogP contribution in [0.1, 0.15) is 35.6 Å². The molecule has 3 aromatic rings. The normalized spacial score (nSPS) is 11.8. The number of rotatable bonds is 11. The van der Waals surface area contributed by atoms with Gasteiger partial charge < -0.3 is 25.3 Å². The second kappa shape index (κ2) is 13.4. The molecule has 1 heterocycles. The van der Waals surface area contributed by atoms with Crippen LogP contribution in [0, 0.1) is 5.92 Å². The number of anilines is 2. The van der Waals surface area contributed by atoms with Crippen molar-refractivity contribution in [3.05, 3.63) is 71.7 Å². The molecule has 0 spiro atoms. The summed E-state index contributed by atoms with van der Waals surface area (Å²) in [6, 6.07) is 7.98. The highest BCUT2D eigenvalue weighted by Crippen LogP contribution is 2.29. The quantitative estimate of drug-likeness (QED) is 0.176.